The number of aliphatic hydroxyl groups excluding tert-OH is 1. The first-order valence-electron chi connectivity index (χ1n) is 16.0. The van der Waals surface area contributed by atoms with Gasteiger partial charge in [0, 0.05) is 67.1 Å². The molecule has 0 bridgehead atoms. The maximum absolute atomic E-state index is 14.2. The molecule has 2 aliphatic heterocycles. The number of nitrogens with one attached hydrogen (secondary N) is 4. The van der Waals surface area contributed by atoms with Crippen molar-refractivity contribution in [3.63, 3.8) is 0 Å². The van der Waals surface area contributed by atoms with Crippen LogP contribution >= 0.6 is 0 Å². The van der Waals surface area contributed by atoms with Crippen molar-refractivity contribution in [1.29, 1.82) is 0 Å². The van der Waals surface area contributed by atoms with Gasteiger partial charge in [-0.1, -0.05) is 18.2 Å². The van der Waals surface area contributed by atoms with Crippen LogP contribution in [0.2, 0.25) is 0 Å². The molecule has 5 rings (SSSR count). The molecule has 260 valence electrons. The summed E-state index contributed by atoms with van der Waals surface area (Å²) in [5.41, 5.74) is -0.262. The molecule has 13 nitrogen and oxygen atoms in total. The van der Waals surface area contributed by atoms with Gasteiger partial charge in [-0.25, -0.2) is 13.2 Å². The second-order valence-electron chi connectivity index (χ2n) is 14.3. The molecule has 5 N–H and O–H groups in total. The van der Waals surface area contributed by atoms with Crippen LogP contribution in [0.3, 0.4) is 0 Å². The quantitative estimate of drug-likeness (QED) is 0.238. The Morgan fingerprint density at radius 2 is 1.79 bits per heavy atom. The number of amides is 3. The lowest BCUT2D eigenvalue weighted by Gasteiger charge is -2.46. The molecule has 14 heteroatoms. The summed E-state index contributed by atoms with van der Waals surface area (Å²) < 4.78 is 37.6. The number of carbonyl (C=O) groups is 3. The number of benzene rings is 2. The third-order valence-corrected chi connectivity index (χ3v) is 9.24. The van der Waals surface area contributed by atoms with Crippen LogP contribution in [0.1, 0.15) is 71.1 Å². The van der Waals surface area contributed by atoms with E-state index in [4.69, 9.17) is 9.47 Å². The number of fused-ring (bicyclic) bond motifs is 2. The third kappa shape index (κ3) is 8.21. The Balaban J connectivity index is 1.31. The first-order valence-corrected chi connectivity index (χ1v) is 17.9. The zero-order valence-corrected chi connectivity index (χ0v) is 29.0. The summed E-state index contributed by atoms with van der Waals surface area (Å²) in [5.74, 6) is -0.346. The van der Waals surface area contributed by atoms with Crippen molar-refractivity contribution in [1.82, 2.24) is 20.5 Å². The lowest BCUT2D eigenvalue weighted by Crippen LogP contribution is -2.61. The van der Waals surface area contributed by atoms with E-state index >= 15 is 0 Å². The fourth-order valence-corrected chi connectivity index (χ4v) is 6.81. The van der Waals surface area contributed by atoms with Gasteiger partial charge in [0.15, 0.2) is 0 Å². The maximum atomic E-state index is 14.2. The molecular weight excluding hydrogens is 638 g/mol. The fourth-order valence-electron chi connectivity index (χ4n) is 6.25. The van der Waals surface area contributed by atoms with Crippen LogP contribution in [0.25, 0.3) is 10.9 Å². The van der Waals surface area contributed by atoms with Crippen molar-refractivity contribution in [2.24, 2.45) is 0 Å². The van der Waals surface area contributed by atoms with Crippen molar-refractivity contribution in [2.45, 2.75) is 89.2 Å². The first-order chi connectivity index (χ1) is 22.3. The number of likely N-dealkylation sites (tertiary alicyclic amines) is 1. The predicted octanol–water partition coefficient (Wildman–Crippen LogP) is 3.75. The van der Waals surface area contributed by atoms with Crippen LogP contribution in [0, 0.1) is 0 Å². The smallest absolute Gasteiger partial charge is 0.408 e. The van der Waals surface area contributed by atoms with Gasteiger partial charge in [-0.2, -0.15) is 0 Å². The minimum atomic E-state index is -3.49. The van der Waals surface area contributed by atoms with E-state index in [1.165, 1.54) is 0 Å². The Labute approximate surface area is 280 Å². The van der Waals surface area contributed by atoms with E-state index in [2.05, 4.69) is 20.3 Å². The molecule has 3 heterocycles. The third-order valence-electron chi connectivity index (χ3n) is 8.63. The highest BCUT2D eigenvalue weighted by Gasteiger charge is 2.45. The van der Waals surface area contributed by atoms with Crippen molar-refractivity contribution >= 4 is 44.5 Å². The Morgan fingerprint density at radius 3 is 2.46 bits per heavy atom. The summed E-state index contributed by atoms with van der Waals surface area (Å²) in [6.45, 7) is 8.94. The predicted molar refractivity (Wildman–Crippen MR) is 181 cm³/mol. The number of aromatic nitrogens is 1. The SMILES string of the molecule is CC(C)(C)OC(=O)NC(C)(C)C(=O)N[C@H](Cc1c[nH]c2ccccc12)C(=O)N1CCC2(CC1)CC(O)c1cc(NS(C)(=O)=O)ccc1O2. The molecule has 2 atom stereocenters. The summed E-state index contributed by atoms with van der Waals surface area (Å²) >= 11 is 0. The van der Waals surface area contributed by atoms with E-state index in [1.54, 1.807) is 57.7 Å². The second kappa shape index (κ2) is 13.0. The number of hydrogen-bond donors (Lipinski definition) is 5. The lowest BCUT2D eigenvalue weighted by atomic mass is 9.81. The minimum Gasteiger partial charge on any atom is -0.487 e. The first kappa shape index (κ1) is 35.0. The van der Waals surface area contributed by atoms with E-state index in [9.17, 15) is 27.9 Å². The van der Waals surface area contributed by atoms with Gasteiger partial charge in [0.1, 0.15) is 28.5 Å². The number of ether oxygens (including phenoxy) is 2. The molecular formula is C34H45N5O8S. The highest BCUT2D eigenvalue weighted by molar-refractivity contribution is 7.92. The molecule has 1 fully saturated rings. The number of rotatable bonds is 8. The normalized spacial score (nSPS) is 18.4. The Hall–Kier alpha value is -4.30. The molecule has 1 aromatic heterocycles. The largest absolute Gasteiger partial charge is 0.487 e. The number of nitrogens with zero attached hydrogens (tertiary/aromatic N) is 1. The number of hydrogen-bond acceptors (Lipinski definition) is 8. The Bertz CT molecular complexity index is 1800. The molecule has 0 saturated carbocycles. The molecule has 3 aromatic rings. The molecule has 48 heavy (non-hydrogen) atoms. The average Bonchev–Trinajstić information content (AvgIpc) is 3.38. The van der Waals surface area contributed by atoms with Gasteiger partial charge in [0.2, 0.25) is 21.8 Å². The Kier molecular flexibility index (Phi) is 9.45. The second-order valence-corrected chi connectivity index (χ2v) is 16.0. The van der Waals surface area contributed by atoms with Gasteiger partial charge in [0.05, 0.1) is 12.4 Å². The summed E-state index contributed by atoms with van der Waals surface area (Å²) in [6.07, 6.45) is 2.64. The standard InChI is InChI=1S/C34H45N5O8S/c1-32(2,3)47-31(43)37-33(4,5)30(42)36-26(17-21-20-35-25-10-8-7-9-23(21)25)29(41)39-15-13-34(14-16-39)19-27(40)24-18-22(38-48(6,44)45)11-12-28(24)46-34/h7-12,18,20,26-27,35,38,40H,13-17,19H2,1-6H3,(H,36,42)(H,37,43)/t26-,27?/m1/s1. The van der Waals surface area contributed by atoms with Crippen molar-refractivity contribution in [3.05, 3.63) is 59.8 Å². The molecule has 2 aliphatic rings. The summed E-state index contributed by atoms with van der Waals surface area (Å²) in [6, 6.07) is 11.6. The highest BCUT2D eigenvalue weighted by atomic mass is 32.2. The number of aromatic amines is 1. The lowest BCUT2D eigenvalue weighted by molar-refractivity contribution is -0.141. The number of piperidine rings is 1. The van der Waals surface area contributed by atoms with E-state index in [1.807, 2.05) is 30.5 Å². The van der Waals surface area contributed by atoms with Crippen LogP contribution in [0.4, 0.5) is 10.5 Å². The van der Waals surface area contributed by atoms with Gasteiger partial charge in [0.25, 0.3) is 0 Å². The zero-order valence-electron chi connectivity index (χ0n) is 28.2. The average molecular weight is 684 g/mol. The van der Waals surface area contributed by atoms with Crippen molar-refractivity contribution in [3.8, 4) is 5.75 Å². The minimum absolute atomic E-state index is 0.213. The van der Waals surface area contributed by atoms with Gasteiger partial charge in [-0.15, -0.1) is 0 Å². The zero-order chi connectivity index (χ0) is 35.1. The van der Waals surface area contributed by atoms with Gasteiger partial charge < -0.3 is 35.1 Å². The van der Waals surface area contributed by atoms with Crippen molar-refractivity contribution < 1.29 is 37.4 Å². The molecule has 1 saturated heterocycles. The molecule has 2 aromatic carbocycles. The van der Waals surface area contributed by atoms with Crippen molar-refractivity contribution in [2.75, 3.05) is 24.1 Å². The molecule has 1 spiro atoms. The number of aliphatic hydroxyl groups is 1. The van der Waals surface area contributed by atoms with E-state index in [0.29, 0.717) is 42.9 Å². The van der Waals surface area contributed by atoms with Crippen LogP contribution in [0.5, 0.6) is 5.75 Å². The van der Waals surface area contributed by atoms with Crippen LogP contribution < -0.4 is 20.1 Å². The topological polar surface area (TPSA) is 179 Å². The maximum Gasteiger partial charge on any atom is 0.408 e. The molecule has 0 aliphatic carbocycles. The Morgan fingerprint density at radius 1 is 1.10 bits per heavy atom. The molecule has 0 radical (unpaired) electrons. The molecule has 3 amide bonds. The summed E-state index contributed by atoms with van der Waals surface area (Å²) in [7, 11) is -3.49. The number of carbonyl (C=O) groups excluding carboxylic acids is 3. The van der Waals surface area contributed by atoms with Gasteiger partial charge in [-0.05, 0) is 64.4 Å². The monoisotopic (exact) mass is 683 g/mol. The number of para-hydroxylation sites is 1. The van der Waals surface area contributed by atoms with Crippen LogP contribution in [-0.4, -0.2) is 83.4 Å². The number of sulfonamides is 1. The summed E-state index contributed by atoms with van der Waals surface area (Å²) in [4.78, 5) is 45.2. The van der Waals surface area contributed by atoms with Crippen LogP contribution in [0.15, 0.2) is 48.7 Å². The van der Waals surface area contributed by atoms with E-state index in [-0.39, 0.29) is 18.7 Å². The number of anilines is 1. The van der Waals surface area contributed by atoms with Crippen LogP contribution in [-0.2, 0) is 30.8 Å². The van der Waals surface area contributed by atoms with E-state index < -0.39 is 50.9 Å². The van der Waals surface area contributed by atoms with E-state index in [0.717, 1.165) is 22.7 Å². The van der Waals surface area contributed by atoms with Gasteiger partial charge >= 0.3 is 6.09 Å². The number of H-pyrrole nitrogens is 1. The highest BCUT2D eigenvalue weighted by Crippen LogP contribution is 2.45. The van der Waals surface area contributed by atoms with Gasteiger partial charge in [-0.3, -0.25) is 14.3 Å². The molecule has 1 unspecified atom stereocenters. The number of alkyl carbamates (subject to hydrolysis) is 1. The fraction of sp³-hybridized carbons (Fsp3) is 0.500. The summed E-state index contributed by atoms with van der Waals surface area (Å²) in [5, 5.41) is 17.5.